The van der Waals surface area contributed by atoms with E-state index in [1.807, 2.05) is 56.5 Å². The Hall–Kier alpha value is -2.86. The Morgan fingerprint density at radius 2 is 1.94 bits per heavy atom. The molecule has 0 unspecified atom stereocenters. The molecule has 0 saturated heterocycles. The van der Waals surface area contributed by atoms with E-state index in [-0.39, 0.29) is 17.8 Å². The molecule has 0 fully saturated rings. The number of para-hydroxylation sites is 1. The number of thiophene rings is 1. The number of allylic oxidation sites excluding steroid dienone is 3. The number of carbonyl (C=O) groups is 2. The van der Waals surface area contributed by atoms with Gasteiger partial charge in [0.05, 0.1) is 24.7 Å². The van der Waals surface area contributed by atoms with Crippen molar-refractivity contribution in [3.63, 3.8) is 0 Å². The molecule has 1 N–H and O–H groups in total. The predicted octanol–water partition coefficient (Wildman–Crippen LogP) is 5.07. The lowest BCUT2D eigenvalue weighted by Gasteiger charge is -2.37. The molecular weight excluding hydrogens is 410 g/mol. The van der Waals surface area contributed by atoms with Gasteiger partial charge in [-0.05, 0) is 44.7 Å². The number of dihydropyridines is 1. The molecule has 5 nitrogen and oxygen atoms in total. The lowest BCUT2D eigenvalue weighted by atomic mass is 9.72. The van der Waals surface area contributed by atoms with Crippen molar-refractivity contribution in [2.75, 3.05) is 7.11 Å². The summed E-state index contributed by atoms with van der Waals surface area (Å²) in [6.45, 7) is 5.52. The van der Waals surface area contributed by atoms with Crippen molar-refractivity contribution in [2.45, 2.75) is 51.6 Å². The normalized spacial score (nSPS) is 21.1. The highest BCUT2D eigenvalue weighted by atomic mass is 32.1. The third-order valence-electron chi connectivity index (χ3n) is 5.79. The van der Waals surface area contributed by atoms with Crippen LogP contribution in [0.3, 0.4) is 0 Å². The van der Waals surface area contributed by atoms with Gasteiger partial charge in [0.1, 0.15) is 5.75 Å². The van der Waals surface area contributed by atoms with Crippen LogP contribution in [0, 0.1) is 0 Å². The third-order valence-corrected chi connectivity index (χ3v) is 6.82. The molecule has 4 rings (SSSR count). The average molecular weight is 438 g/mol. The van der Waals surface area contributed by atoms with Crippen molar-refractivity contribution in [2.24, 2.45) is 0 Å². The molecule has 1 aliphatic heterocycles. The monoisotopic (exact) mass is 437 g/mol. The third kappa shape index (κ3) is 4.04. The number of ether oxygens (including phenoxy) is 2. The van der Waals surface area contributed by atoms with Gasteiger partial charge in [-0.1, -0.05) is 24.3 Å². The predicted molar refractivity (Wildman–Crippen MR) is 121 cm³/mol. The second-order valence-corrected chi connectivity index (χ2v) is 9.21. The summed E-state index contributed by atoms with van der Waals surface area (Å²) in [5.41, 5.74) is 3.54. The van der Waals surface area contributed by atoms with Crippen molar-refractivity contribution in [1.82, 2.24) is 5.32 Å². The van der Waals surface area contributed by atoms with Gasteiger partial charge in [0.25, 0.3) is 0 Å². The molecule has 162 valence electrons. The number of Topliss-reactive ketones (excluding diaryl/α,β-unsaturated/α-hetero) is 1. The van der Waals surface area contributed by atoms with E-state index < -0.39 is 11.9 Å². The Labute approximate surface area is 186 Å². The van der Waals surface area contributed by atoms with Gasteiger partial charge in [-0.2, -0.15) is 0 Å². The van der Waals surface area contributed by atoms with Gasteiger partial charge < -0.3 is 14.8 Å². The molecule has 6 heteroatoms. The second-order valence-electron chi connectivity index (χ2n) is 8.23. The van der Waals surface area contributed by atoms with E-state index in [0.29, 0.717) is 23.3 Å². The van der Waals surface area contributed by atoms with Crippen molar-refractivity contribution in [3.8, 4) is 5.75 Å². The summed E-state index contributed by atoms with van der Waals surface area (Å²) in [7, 11) is 1.60. The topological polar surface area (TPSA) is 64.6 Å². The van der Waals surface area contributed by atoms with E-state index in [0.717, 1.165) is 23.4 Å². The lowest BCUT2D eigenvalue weighted by molar-refractivity contribution is -0.143. The van der Waals surface area contributed by atoms with Crippen LogP contribution >= 0.6 is 11.3 Å². The van der Waals surface area contributed by atoms with Gasteiger partial charge in [-0.15, -0.1) is 11.3 Å². The van der Waals surface area contributed by atoms with Crippen molar-refractivity contribution in [3.05, 3.63) is 74.8 Å². The Balaban J connectivity index is 1.84. The largest absolute Gasteiger partial charge is 0.496 e. The van der Waals surface area contributed by atoms with Gasteiger partial charge in [0, 0.05) is 39.7 Å². The first-order valence-corrected chi connectivity index (χ1v) is 11.4. The number of hydrogen-bond acceptors (Lipinski definition) is 6. The summed E-state index contributed by atoms with van der Waals surface area (Å²) in [5, 5.41) is 5.43. The fourth-order valence-electron chi connectivity index (χ4n) is 4.53. The first-order valence-electron chi connectivity index (χ1n) is 10.5. The molecule has 2 aliphatic rings. The molecule has 0 bridgehead atoms. The summed E-state index contributed by atoms with van der Waals surface area (Å²) in [4.78, 5) is 27.9. The zero-order chi connectivity index (χ0) is 22.1. The molecule has 0 saturated carbocycles. The van der Waals surface area contributed by atoms with Crippen LogP contribution < -0.4 is 10.1 Å². The van der Waals surface area contributed by atoms with Crippen LogP contribution in [0.25, 0.3) is 0 Å². The standard InChI is InChI=1S/C25H27NO4S/c1-14(2)30-25(28)22-15(3)26-18-12-16(21-10-7-11-31-21)13-19(27)24(18)23(22)17-8-5-6-9-20(17)29-4/h5-11,14,16,23,26H,12-13H2,1-4H3/t16-,23-/m0/s1. The zero-order valence-electron chi connectivity index (χ0n) is 18.2. The molecular formula is C25H27NO4S. The van der Waals surface area contributed by atoms with Crippen LogP contribution in [-0.4, -0.2) is 25.0 Å². The first-order chi connectivity index (χ1) is 14.9. The number of nitrogens with one attached hydrogen (secondary N) is 1. The van der Waals surface area contributed by atoms with Gasteiger partial charge in [-0.25, -0.2) is 4.79 Å². The molecule has 0 radical (unpaired) electrons. The average Bonchev–Trinajstić information content (AvgIpc) is 3.27. The molecule has 1 aromatic heterocycles. The molecule has 0 spiro atoms. The summed E-state index contributed by atoms with van der Waals surface area (Å²) < 4.78 is 11.2. The molecule has 2 atom stereocenters. The quantitative estimate of drug-likeness (QED) is 0.662. The smallest absolute Gasteiger partial charge is 0.337 e. The molecule has 1 aromatic carbocycles. The second kappa shape index (κ2) is 8.71. The number of ketones is 1. The minimum absolute atomic E-state index is 0.0606. The Kier molecular flexibility index (Phi) is 6.01. The number of rotatable bonds is 5. The van der Waals surface area contributed by atoms with E-state index in [2.05, 4.69) is 11.4 Å². The van der Waals surface area contributed by atoms with Gasteiger partial charge in [0.2, 0.25) is 0 Å². The van der Waals surface area contributed by atoms with Crippen LogP contribution in [0.4, 0.5) is 0 Å². The highest BCUT2D eigenvalue weighted by Crippen LogP contribution is 2.48. The molecule has 2 heterocycles. The maximum Gasteiger partial charge on any atom is 0.337 e. The van der Waals surface area contributed by atoms with Crippen LogP contribution in [0.2, 0.25) is 0 Å². The van der Waals surface area contributed by atoms with E-state index in [4.69, 9.17) is 9.47 Å². The fourth-order valence-corrected chi connectivity index (χ4v) is 5.36. The number of hydrogen-bond donors (Lipinski definition) is 1. The van der Waals surface area contributed by atoms with E-state index in [1.165, 1.54) is 4.88 Å². The summed E-state index contributed by atoms with van der Waals surface area (Å²) >= 11 is 1.68. The molecule has 0 amide bonds. The molecule has 2 aromatic rings. The lowest BCUT2D eigenvalue weighted by Crippen LogP contribution is -2.36. The number of esters is 1. The van der Waals surface area contributed by atoms with Crippen LogP contribution in [0.5, 0.6) is 5.75 Å². The van der Waals surface area contributed by atoms with Crippen molar-refractivity contribution >= 4 is 23.1 Å². The van der Waals surface area contributed by atoms with Gasteiger partial charge in [-0.3, -0.25) is 4.79 Å². The first kappa shape index (κ1) is 21.4. The van der Waals surface area contributed by atoms with Crippen LogP contribution in [-0.2, 0) is 14.3 Å². The summed E-state index contributed by atoms with van der Waals surface area (Å²) in [5.74, 6) is -0.0670. The SMILES string of the molecule is COc1ccccc1[C@H]1C(C(=O)OC(C)C)=C(C)NC2=C1C(=O)C[C@@H](c1cccs1)C2. The fraction of sp³-hybridized carbons (Fsp3) is 0.360. The van der Waals surface area contributed by atoms with Crippen molar-refractivity contribution in [1.29, 1.82) is 0 Å². The number of methoxy groups -OCH3 is 1. The summed E-state index contributed by atoms with van der Waals surface area (Å²) in [6, 6.07) is 11.7. The zero-order valence-corrected chi connectivity index (χ0v) is 19.0. The number of carbonyl (C=O) groups excluding carboxylic acids is 2. The number of benzene rings is 1. The highest BCUT2D eigenvalue weighted by Gasteiger charge is 2.42. The Morgan fingerprint density at radius 1 is 1.16 bits per heavy atom. The highest BCUT2D eigenvalue weighted by molar-refractivity contribution is 7.10. The van der Waals surface area contributed by atoms with Crippen LogP contribution in [0.1, 0.15) is 55.9 Å². The maximum absolute atomic E-state index is 13.5. The van der Waals surface area contributed by atoms with E-state index in [1.54, 1.807) is 18.4 Å². The van der Waals surface area contributed by atoms with E-state index >= 15 is 0 Å². The minimum Gasteiger partial charge on any atom is -0.496 e. The molecule has 1 aliphatic carbocycles. The molecule has 31 heavy (non-hydrogen) atoms. The van der Waals surface area contributed by atoms with Crippen molar-refractivity contribution < 1.29 is 19.1 Å². The van der Waals surface area contributed by atoms with E-state index in [9.17, 15) is 9.59 Å². The Bertz CT molecular complexity index is 1060. The summed E-state index contributed by atoms with van der Waals surface area (Å²) in [6.07, 6.45) is 0.904. The van der Waals surface area contributed by atoms with Gasteiger partial charge >= 0.3 is 5.97 Å². The minimum atomic E-state index is -0.518. The maximum atomic E-state index is 13.5. The van der Waals surface area contributed by atoms with Crippen LogP contribution in [0.15, 0.2) is 64.3 Å². The van der Waals surface area contributed by atoms with Gasteiger partial charge in [0.15, 0.2) is 5.78 Å². The Morgan fingerprint density at radius 3 is 2.61 bits per heavy atom.